The molecule has 0 spiro atoms. The van der Waals surface area contributed by atoms with Gasteiger partial charge in [0.05, 0.1) is 16.7 Å². The fourth-order valence-electron chi connectivity index (χ4n) is 5.12. The molecule has 188 valence electrons. The summed E-state index contributed by atoms with van der Waals surface area (Å²) in [5.41, 5.74) is 3.45. The Balaban J connectivity index is 0.00000253. The Kier molecular flexibility index (Phi) is 5.38. The molecule has 0 fully saturated rings. The van der Waals surface area contributed by atoms with Gasteiger partial charge < -0.3 is 9.30 Å². The largest absolute Gasteiger partial charge is 2.00 e. The Labute approximate surface area is 236 Å². The van der Waals surface area contributed by atoms with Crippen LogP contribution in [0.15, 0.2) is 85.5 Å². The number of pyridine rings is 4. The normalized spacial score (nSPS) is 11.5. The van der Waals surface area contributed by atoms with Gasteiger partial charge in [-0.25, -0.2) is 4.98 Å². The number of fused-ring (bicyclic) bond motifs is 9. The number of hydrogen-bond donors (Lipinski definition) is 0. The van der Waals surface area contributed by atoms with Crippen LogP contribution in [0.25, 0.3) is 54.9 Å². The van der Waals surface area contributed by atoms with Crippen molar-refractivity contribution < 1.29 is 25.8 Å². The third kappa shape index (κ3) is 3.60. The minimum absolute atomic E-state index is 0. The van der Waals surface area contributed by atoms with Crippen LogP contribution in [0, 0.1) is 19.1 Å². The average Bonchev–Trinajstić information content (AvgIpc) is 3.51. The zero-order valence-corrected chi connectivity index (χ0v) is 22.7. The van der Waals surface area contributed by atoms with Crippen molar-refractivity contribution in [3.8, 4) is 17.4 Å². The van der Waals surface area contributed by atoms with Crippen LogP contribution < -0.4 is 4.74 Å². The summed E-state index contributed by atoms with van der Waals surface area (Å²) in [6.45, 7) is 1.89. The summed E-state index contributed by atoms with van der Waals surface area (Å²) >= 11 is 0. The maximum Gasteiger partial charge on any atom is 2.00 e. The van der Waals surface area contributed by atoms with Crippen molar-refractivity contribution in [3.05, 3.63) is 103 Å². The van der Waals surface area contributed by atoms with E-state index in [0.29, 0.717) is 17.5 Å². The molecular formula is C30H17N7OPt. The molecule has 9 heteroatoms. The second-order valence-electron chi connectivity index (χ2n) is 8.99. The standard InChI is InChI=1S/C30H17N7O.Pt/c1-18-34-30-23-14-19(9-10-20(23)21-6-2-3-7-25(21)37(30)35-18)38-29-15-26-24(16-33-29)22-11-13-31-17-27(22)36(26)28-8-4-5-12-32-28;/h2-13,16-17H,1H3;/q-2;+2. The summed E-state index contributed by atoms with van der Waals surface area (Å²) < 4.78 is 10.1. The molecule has 0 amide bonds. The summed E-state index contributed by atoms with van der Waals surface area (Å²) in [6.07, 6.45) is 7.17. The third-order valence-electron chi connectivity index (χ3n) is 6.71. The van der Waals surface area contributed by atoms with Gasteiger partial charge in [-0.2, -0.15) is 11.2 Å². The van der Waals surface area contributed by atoms with Gasteiger partial charge in [0, 0.05) is 24.3 Å². The van der Waals surface area contributed by atoms with Crippen LogP contribution in [0.3, 0.4) is 0 Å². The summed E-state index contributed by atoms with van der Waals surface area (Å²) in [6, 6.07) is 26.6. The van der Waals surface area contributed by atoms with Crippen LogP contribution in [0.2, 0.25) is 0 Å². The van der Waals surface area contributed by atoms with Crippen molar-refractivity contribution in [3.63, 3.8) is 0 Å². The fraction of sp³-hybridized carbons (Fsp3) is 0.0333. The van der Waals surface area contributed by atoms with Crippen LogP contribution in [-0.4, -0.2) is 34.1 Å². The molecule has 0 radical (unpaired) electrons. The second-order valence-corrected chi connectivity index (χ2v) is 8.99. The first-order valence-corrected chi connectivity index (χ1v) is 12.1. The molecule has 8 rings (SSSR count). The molecule has 0 aliphatic heterocycles. The van der Waals surface area contributed by atoms with Gasteiger partial charge in [0.1, 0.15) is 17.5 Å². The summed E-state index contributed by atoms with van der Waals surface area (Å²) in [4.78, 5) is 18.1. The molecule has 0 atom stereocenters. The molecule has 0 unspecified atom stereocenters. The first-order chi connectivity index (χ1) is 18.7. The van der Waals surface area contributed by atoms with E-state index in [4.69, 9.17) is 4.74 Å². The van der Waals surface area contributed by atoms with Gasteiger partial charge >= 0.3 is 21.1 Å². The Morgan fingerprint density at radius 2 is 1.64 bits per heavy atom. The number of hydrogen-bond acceptors (Lipinski definition) is 6. The van der Waals surface area contributed by atoms with Crippen molar-refractivity contribution in [1.29, 1.82) is 0 Å². The summed E-state index contributed by atoms with van der Waals surface area (Å²) in [5.74, 6) is 2.30. The van der Waals surface area contributed by atoms with E-state index in [9.17, 15) is 0 Å². The predicted octanol–water partition coefficient (Wildman–Crippen LogP) is 6.02. The zero-order valence-electron chi connectivity index (χ0n) is 20.4. The van der Waals surface area contributed by atoms with E-state index in [-0.39, 0.29) is 21.1 Å². The van der Waals surface area contributed by atoms with E-state index < -0.39 is 0 Å². The summed E-state index contributed by atoms with van der Waals surface area (Å²) in [5, 5.41) is 9.50. The molecule has 0 saturated heterocycles. The molecule has 0 saturated carbocycles. The van der Waals surface area contributed by atoms with Crippen LogP contribution in [0.4, 0.5) is 0 Å². The first-order valence-electron chi connectivity index (χ1n) is 12.1. The second kappa shape index (κ2) is 8.96. The van der Waals surface area contributed by atoms with Crippen LogP contribution in [0.5, 0.6) is 11.6 Å². The van der Waals surface area contributed by atoms with Gasteiger partial charge in [-0.15, -0.1) is 17.0 Å². The van der Waals surface area contributed by atoms with Gasteiger partial charge in [-0.3, -0.25) is 19.5 Å². The molecule has 6 heterocycles. The molecular weight excluding hydrogens is 669 g/mol. The van der Waals surface area contributed by atoms with Crippen molar-refractivity contribution in [2.45, 2.75) is 6.92 Å². The van der Waals surface area contributed by atoms with Gasteiger partial charge in [0.15, 0.2) is 0 Å². The fourth-order valence-corrected chi connectivity index (χ4v) is 5.12. The monoisotopic (exact) mass is 686 g/mol. The topological polar surface area (TPSA) is 83.0 Å². The number of rotatable bonds is 3. The number of aryl methyl sites for hydroxylation is 1. The van der Waals surface area contributed by atoms with Gasteiger partial charge in [0.2, 0.25) is 0 Å². The summed E-state index contributed by atoms with van der Waals surface area (Å²) in [7, 11) is 0. The number of ether oxygens (including phenoxy) is 1. The molecule has 39 heavy (non-hydrogen) atoms. The first kappa shape index (κ1) is 23.4. The average molecular weight is 687 g/mol. The minimum atomic E-state index is 0. The van der Waals surface area contributed by atoms with Crippen LogP contribution in [-0.2, 0) is 21.1 Å². The Morgan fingerprint density at radius 1 is 0.769 bits per heavy atom. The van der Waals surface area contributed by atoms with Crippen molar-refractivity contribution in [2.24, 2.45) is 0 Å². The number of aromatic nitrogens is 7. The quantitative estimate of drug-likeness (QED) is 0.167. The van der Waals surface area contributed by atoms with E-state index >= 15 is 0 Å². The number of nitrogens with zero attached hydrogens (tertiary/aromatic N) is 7. The molecule has 0 N–H and O–H groups in total. The Bertz CT molecular complexity index is 2190. The maximum atomic E-state index is 6.22. The molecule has 0 aliphatic carbocycles. The molecule has 0 aliphatic rings. The Hall–Kier alpha value is -4.68. The van der Waals surface area contributed by atoms with E-state index in [1.165, 1.54) is 0 Å². The third-order valence-corrected chi connectivity index (χ3v) is 6.71. The number of para-hydroxylation sites is 1. The molecule has 2 aromatic carbocycles. The Morgan fingerprint density at radius 3 is 2.54 bits per heavy atom. The predicted molar refractivity (Wildman–Crippen MR) is 145 cm³/mol. The van der Waals surface area contributed by atoms with Gasteiger partial charge in [-0.05, 0) is 36.7 Å². The van der Waals surface area contributed by atoms with Gasteiger partial charge in [0.25, 0.3) is 0 Å². The van der Waals surface area contributed by atoms with Crippen LogP contribution >= 0.6 is 0 Å². The molecule has 8 nitrogen and oxygen atoms in total. The molecule has 0 bridgehead atoms. The SMILES string of the molecule is Cc1nc2c3[c-]c(Oc4[c-]c5c(cn4)c4ccncc4n5-c4ccccn4)ccc3c3ccccc3n2n1.[Pt+2]. The van der Waals surface area contributed by atoms with Crippen molar-refractivity contribution in [1.82, 2.24) is 34.1 Å². The maximum absolute atomic E-state index is 6.22. The molecule has 6 aromatic heterocycles. The smallest absolute Gasteiger partial charge is 0.478 e. The number of benzene rings is 2. The van der Waals surface area contributed by atoms with E-state index in [0.717, 1.165) is 54.9 Å². The van der Waals surface area contributed by atoms with Crippen molar-refractivity contribution >= 4 is 49.1 Å². The van der Waals surface area contributed by atoms with Crippen LogP contribution in [0.1, 0.15) is 5.82 Å². The van der Waals surface area contributed by atoms with E-state index in [1.54, 1.807) is 18.6 Å². The van der Waals surface area contributed by atoms with E-state index in [1.807, 2.05) is 76.8 Å². The minimum Gasteiger partial charge on any atom is -0.478 e. The zero-order chi connectivity index (χ0) is 25.2. The molecule has 8 aromatic rings. The van der Waals surface area contributed by atoms with Gasteiger partial charge in [-0.1, -0.05) is 58.6 Å². The van der Waals surface area contributed by atoms with Crippen molar-refractivity contribution in [2.75, 3.05) is 0 Å². The van der Waals surface area contributed by atoms with E-state index in [2.05, 4.69) is 43.2 Å².